The molecular weight excluding hydrogens is 452 g/mol. The Morgan fingerprint density at radius 3 is 1.22 bits per heavy atom. The number of unbranched alkanes of at least 4 members (excludes halogenated alkanes) is 3. The van der Waals surface area contributed by atoms with Crippen LogP contribution in [-0.4, -0.2) is 73.8 Å². The van der Waals surface area contributed by atoms with Gasteiger partial charge in [0.05, 0.1) is 24.7 Å². The first-order valence-corrected chi connectivity index (χ1v) is 14.4. The van der Waals surface area contributed by atoms with Gasteiger partial charge >= 0.3 is 0 Å². The van der Waals surface area contributed by atoms with Gasteiger partial charge in [0.1, 0.15) is 11.6 Å². The number of Topliss-reactive ketones (excluding diaryl/α,β-unsaturated/α-hetero) is 2. The Morgan fingerprint density at radius 1 is 0.528 bits per heavy atom. The summed E-state index contributed by atoms with van der Waals surface area (Å²) >= 11 is 0. The molecule has 0 radical (unpaired) electrons. The summed E-state index contributed by atoms with van der Waals surface area (Å²) in [5.41, 5.74) is 0. The summed E-state index contributed by atoms with van der Waals surface area (Å²) in [6.07, 6.45) is 10.6. The summed E-state index contributed by atoms with van der Waals surface area (Å²) in [7, 11) is 0. The Bertz CT molecular complexity index is 510. The molecule has 0 fully saturated rings. The summed E-state index contributed by atoms with van der Waals surface area (Å²) in [4.78, 5) is 28.8. The Kier molecular flexibility index (Phi) is 22.6. The fourth-order valence-corrected chi connectivity index (χ4v) is 4.19. The van der Waals surface area contributed by atoms with E-state index in [-0.39, 0.29) is 0 Å². The lowest BCUT2D eigenvalue weighted by molar-refractivity contribution is -0.119. The van der Waals surface area contributed by atoms with E-state index in [0.29, 0.717) is 50.5 Å². The van der Waals surface area contributed by atoms with Crippen LogP contribution in [0.25, 0.3) is 0 Å². The fraction of sp³-hybridized carbons (Fsp3) is 0.800. The average Bonchev–Trinajstić information content (AvgIpc) is 2.84. The zero-order valence-corrected chi connectivity index (χ0v) is 24.1. The van der Waals surface area contributed by atoms with Crippen LogP contribution >= 0.6 is 0 Å². The molecule has 6 nitrogen and oxygen atoms in total. The van der Waals surface area contributed by atoms with Crippen LogP contribution in [0.1, 0.15) is 105 Å². The SMILES string of the molecule is C=C(CCN(CCCCCCN(CCC(=O)CCC)CCC(=O)CCC)CCC(=C)OCC)OCC. The van der Waals surface area contributed by atoms with Gasteiger partial charge in [-0.2, -0.15) is 0 Å². The van der Waals surface area contributed by atoms with Crippen molar-refractivity contribution in [1.29, 1.82) is 0 Å². The second-order valence-corrected chi connectivity index (χ2v) is 9.62. The van der Waals surface area contributed by atoms with E-state index in [1.807, 2.05) is 27.7 Å². The molecular formula is C30H56N2O4. The number of ether oxygens (including phenoxy) is 2. The Hall–Kier alpha value is -1.66. The fourth-order valence-electron chi connectivity index (χ4n) is 4.19. The minimum atomic E-state index is 0.335. The van der Waals surface area contributed by atoms with Gasteiger partial charge in [-0.3, -0.25) is 9.59 Å². The quantitative estimate of drug-likeness (QED) is 0.0926. The highest BCUT2D eigenvalue weighted by molar-refractivity contribution is 5.79. The molecule has 0 aliphatic carbocycles. The lowest BCUT2D eigenvalue weighted by atomic mass is 10.1. The van der Waals surface area contributed by atoms with Crippen LogP contribution in [0.2, 0.25) is 0 Å². The van der Waals surface area contributed by atoms with Crippen molar-refractivity contribution in [2.24, 2.45) is 0 Å². The maximum absolute atomic E-state index is 12.0. The van der Waals surface area contributed by atoms with Crippen LogP contribution in [0, 0.1) is 0 Å². The smallest absolute Gasteiger partial charge is 0.134 e. The minimum absolute atomic E-state index is 0.335. The molecule has 0 aromatic rings. The molecule has 0 N–H and O–H groups in total. The van der Waals surface area contributed by atoms with Crippen molar-refractivity contribution in [3.63, 3.8) is 0 Å². The van der Waals surface area contributed by atoms with Gasteiger partial charge in [0, 0.05) is 64.7 Å². The van der Waals surface area contributed by atoms with Gasteiger partial charge < -0.3 is 19.3 Å². The standard InChI is InChI=1S/C30H56N2O4/c1-7-15-29(33)19-25-32(26-20-30(34)16-8-2)22-14-12-11-13-21-31(23-17-27(5)35-9-3)24-18-28(6)36-10-4/h5-26H2,1-4H3. The number of ketones is 2. The van der Waals surface area contributed by atoms with Gasteiger partial charge in [0.25, 0.3) is 0 Å². The topological polar surface area (TPSA) is 59.1 Å². The van der Waals surface area contributed by atoms with Crippen molar-refractivity contribution in [3.8, 4) is 0 Å². The van der Waals surface area contributed by atoms with E-state index in [0.717, 1.165) is 95.7 Å². The van der Waals surface area contributed by atoms with Crippen LogP contribution in [0.5, 0.6) is 0 Å². The monoisotopic (exact) mass is 508 g/mol. The molecule has 0 rings (SSSR count). The molecule has 0 aliphatic heterocycles. The maximum Gasteiger partial charge on any atom is 0.134 e. The third kappa shape index (κ3) is 20.5. The number of carbonyl (C=O) groups is 2. The van der Waals surface area contributed by atoms with Crippen molar-refractivity contribution in [2.45, 2.75) is 105 Å². The Balaban J connectivity index is 4.46. The summed E-state index contributed by atoms with van der Waals surface area (Å²) in [5, 5.41) is 0. The van der Waals surface area contributed by atoms with E-state index in [4.69, 9.17) is 9.47 Å². The number of hydrogen-bond donors (Lipinski definition) is 0. The van der Waals surface area contributed by atoms with Crippen molar-refractivity contribution in [2.75, 3.05) is 52.5 Å². The molecule has 0 unspecified atom stereocenters. The first-order valence-electron chi connectivity index (χ1n) is 14.4. The molecule has 0 heterocycles. The van der Waals surface area contributed by atoms with E-state index in [1.54, 1.807) is 0 Å². The average molecular weight is 509 g/mol. The molecule has 0 aliphatic rings. The lowest BCUT2D eigenvalue weighted by Gasteiger charge is -2.24. The van der Waals surface area contributed by atoms with Gasteiger partial charge in [-0.15, -0.1) is 0 Å². The molecule has 0 saturated carbocycles. The number of hydrogen-bond acceptors (Lipinski definition) is 6. The van der Waals surface area contributed by atoms with Gasteiger partial charge in [-0.25, -0.2) is 0 Å². The summed E-state index contributed by atoms with van der Waals surface area (Å²) < 4.78 is 11.0. The van der Waals surface area contributed by atoms with Crippen LogP contribution in [0.3, 0.4) is 0 Å². The van der Waals surface area contributed by atoms with Crippen molar-refractivity contribution < 1.29 is 19.1 Å². The Morgan fingerprint density at radius 2 is 0.889 bits per heavy atom. The van der Waals surface area contributed by atoms with E-state index in [2.05, 4.69) is 23.0 Å². The Labute approximate surface area is 222 Å². The van der Waals surface area contributed by atoms with E-state index < -0.39 is 0 Å². The van der Waals surface area contributed by atoms with E-state index in [9.17, 15) is 9.59 Å². The molecule has 36 heavy (non-hydrogen) atoms. The van der Waals surface area contributed by atoms with E-state index >= 15 is 0 Å². The number of nitrogens with zero attached hydrogens (tertiary/aromatic N) is 2. The minimum Gasteiger partial charge on any atom is -0.499 e. The maximum atomic E-state index is 12.0. The first-order chi connectivity index (χ1) is 17.4. The highest BCUT2D eigenvalue weighted by Gasteiger charge is 2.11. The van der Waals surface area contributed by atoms with Gasteiger partial charge in [0.15, 0.2) is 0 Å². The summed E-state index contributed by atoms with van der Waals surface area (Å²) in [6.45, 7) is 22.8. The molecule has 210 valence electrons. The second kappa shape index (κ2) is 23.7. The zero-order chi connectivity index (χ0) is 27.0. The highest BCUT2D eigenvalue weighted by Crippen LogP contribution is 2.11. The van der Waals surface area contributed by atoms with Crippen LogP contribution < -0.4 is 0 Å². The lowest BCUT2D eigenvalue weighted by Crippen LogP contribution is -2.30. The van der Waals surface area contributed by atoms with Gasteiger partial charge in [-0.1, -0.05) is 39.8 Å². The molecule has 0 atom stereocenters. The van der Waals surface area contributed by atoms with Crippen LogP contribution in [0.15, 0.2) is 24.7 Å². The molecule has 0 spiro atoms. The first kappa shape index (κ1) is 34.3. The summed E-state index contributed by atoms with van der Waals surface area (Å²) in [5.74, 6) is 2.37. The predicted molar refractivity (Wildman–Crippen MR) is 151 cm³/mol. The van der Waals surface area contributed by atoms with Crippen molar-refractivity contribution in [3.05, 3.63) is 24.7 Å². The third-order valence-electron chi connectivity index (χ3n) is 6.28. The normalized spacial score (nSPS) is 11.2. The third-order valence-corrected chi connectivity index (χ3v) is 6.28. The molecule has 0 aromatic carbocycles. The molecule has 6 heteroatoms. The molecule has 0 bridgehead atoms. The number of rotatable bonds is 27. The van der Waals surface area contributed by atoms with Crippen LogP contribution in [0.4, 0.5) is 0 Å². The number of carbonyl (C=O) groups excluding carboxylic acids is 2. The highest BCUT2D eigenvalue weighted by atomic mass is 16.5. The largest absolute Gasteiger partial charge is 0.499 e. The zero-order valence-electron chi connectivity index (χ0n) is 24.1. The van der Waals surface area contributed by atoms with E-state index in [1.165, 1.54) is 6.42 Å². The van der Waals surface area contributed by atoms with Gasteiger partial charge in [0.2, 0.25) is 0 Å². The molecule has 0 aromatic heterocycles. The molecule has 0 amide bonds. The second-order valence-electron chi connectivity index (χ2n) is 9.62. The predicted octanol–water partition coefficient (Wildman–Crippen LogP) is 6.55. The van der Waals surface area contributed by atoms with Crippen LogP contribution in [-0.2, 0) is 19.1 Å². The van der Waals surface area contributed by atoms with Crippen molar-refractivity contribution in [1.82, 2.24) is 9.80 Å². The van der Waals surface area contributed by atoms with Gasteiger partial charge in [-0.05, 0) is 52.6 Å². The molecule has 0 saturated heterocycles. The van der Waals surface area contributed by atoms with Crippen molar-refractivity contribution >= 4 is 11.6 Å². The summed E-state index contributed by atoms with van der Waals surface area (Å²) in [6, 6.07) is 0.